The SMILES string of the molecule is CCN(C(=O)C1CCN(S(=O)(=O)c2ccc(C)c(C)c2)CC1)c1cccc2ccccc12. The maximum atomic E-state index is 13.4. The van der Waals surface area contributed by atoms with Crippen LogP contribution in [0.2, 0.25) is 0 Å². The molecule has 1 aliphatic rings. The summed E-state index contributed by atoms with van der Waals surface area (Å²) >= 11 is 0. The van der Waals surface area contributed by atoms with Gasteiger partial charge in [0.15, 0.2) is 0 Å². The maximum Gasteiger partial charge on any atom is 0.243 e. The zero-order valence-corrected chi connectivity index (χ0v) is 19.7. The lowest BCUT2D eigenvalue weighted by Crippen LogP contribution is -2.44. The Kier molecular flexibility index (Phi) is 6.35. The lowest BCUT2D eigenvalue weighted by molar-refractivity contribution is -0.123. The van der Waals surface area contributed by atoms with E-state index in [0.29, 0.717) is 37.4 Å². The summed E-state index contributed by atoms with van der Waals surface area (Å²) in [6.45, 7) is 7.18. The van der Waals surface area contributed by atoms with Crippen LogP contribution < -0.4 is 4.90 Å². The Morgan fingerprint density at radius 3 is 2.34 bits per heavy atom. The highest BCUT2D eigenvalue weighted by Crippen LogP contribution is 2.31. The second kappa shape index (κ2) is 9.04. The molecule has 0 radical (unpaired) electrons. The van der Waals surface area contributed by atoms with E-state index in [4.69, 9.17) is 0 Å². The van der Waals surface area contributed by atoms with Crippen LogP contribution in [0.3, 0.4) is 0 Å². The third-order valence-electron chi connectivity index (χ3n) is 6.56. The number of rotatable bonds is 5. The molecule has 0 bridgehead atoms. The van der Waals surface area contributed by atoms with Crippen LogP contribution in [0.25, 0.3) is 10.8 Å². The standard InChI is InChI=1S/C26H30N2O3S/c1-4-28(25-11-7-9-21-8-5-6-10-24(21)25)26(29)22-14-16-27(17-15-22)32(30,31)23-13-12-19(2)20(3)18-23/h5-13,18,22H,4,14-17H2,1-3H3. The van der Waals surface area contributed by atoms with Crippen molar-refractivity contribution in [1.82, 2.24) is 4.31 Å². The van der Waals surface area contributed by atoms with Crippen LogP contribution in [0.5, 0.6) is 0 Å². The predicted octanol–water partition coefficient (Wildman–Crippen LogP) is 4.91. The van der Waals surface area contributed by atoms with Gasteiger partial charge in [-0.1, -0.05) is 42.5 Å². The Hall–Kier alpha value is -2.70. The lowest BCUT2D eigenvalue weighted by Gasteiger charge is -2.33. The van der Waals surface area contributed by atoms with E-state index in [1.165, 1.54) is 4.31 Å². The zero-order chi connectivity index (χ0) is 22.9. The topological polar surface area (TPSA) is 57.7 Å². The molecule has 32 heavy (non-hydrogen) atoms. The summed E-state index contributed by atoms with van der Waals surface area (Å²) in [7, 11) is -3.55. The van der Waals surface area contributed by atoms with E-state index in [2.05, 4.69) is 0 Å². The Bertz CT molecular complexity index is 1240. The molecule has 0 N–H and O–H groups in total. The number of anilines is 1. The molecule has 1 aliphatic heterocycles. The monoisotopic (exact) mass is 450 g/mol. The van der Waals surface area contributed by atoms with Crippen LogP contribution in [0.4, 0.5) is 5.69 Å². The van der Waals surface area contributed by atoms with E-state index in [0.717, 1.165) is 27.6 Å². The quantitative estimate of drug-likeness (QED) is 0.555. The van der Waals surface area contributed by atoms with Crippen molar-refractivity contribution in [3.8, 4) is 0 Å². The van der Waals surface area contributed by atoms with Crippen LogP contribution >= 0.6 is 0 Å². The second-order valence-corrected chi connectivity index (χ2v) is 10.4. The molecule has 4 rings (SSSR count). The Balaban J connectivity index is 1.50. The molecule has 0 saturated carbocycles. The van der Waals surface area contributed by atoms with Gasteiger partial charge in [0.25, 0.3) is 0 Å². The van der Waals surface area contributed by atoms with Crippen molar-refractivity contribution in [2.45, 2.75) is 38.5 Å². The van der Waals surface area contributed by atoms with Crippen molar-refractivity contribution < 1.29 is 13.2 Å². The fourth-order valence-electron chi connectivity index (χ4n) is 4.48. The minimum Gasteiger partial charge on any atom is -0.312 e. The molecule has 0 spiro atoms. The lowest BCUT2D eigenvalue weighted by atomic mass is 9.95. The van der Waals surface area contributed by atoms with Crippen LogP contribution in [0, 0.1) is 19.8 Å². The fourth-order valence-corrected chi connectivity index (χ4v) is 6.03. The smallest absolute Gasteiger partial charge is 0.243 e. The Labute approximate surface area is 190 Å². The number of sulfonamides is 1. The van der Waals surface area contributed by atoms with E-state index >= 15 is 0 Å². The normalized spacial score (nSPS) is 15.7. The van der Waals surface area contributed by atoms with E-state index in [1.54, 1.807) is 12.1 Å². The molecular weight excluding hydrogens is 420 g/mol. The first-order chi connectivity index (χ1) is 15.3. The second-order valence-electron chi connectivity index (χ2n) is 8.51. The van der Waals surface area contributed by atoms with Crippen LogP contribution in [-0.4, -0.2) is 38.3 Å². The van der Waals surface area contributed by atoms with Crippen molar-refractivity contribution >= 4 is 32.4 Å². The molecule has 1 amide bonds. The molecule has 3 aromatic rings. The fraction of sp³-hybridized carbons (Fsp3) is 0.346. The van der Waals surface area contributed by atoms with Crippen molar-refractivity contribution in [1.29, 1.82) is 0 Å². The van der Waals surface area contributed by atoms with Crippen LogP contribution in [0.15, 0.2) is 65.6 Å². The van der Waals surface area contributed by atoms with Gasteiger partial charge in [0.1, 0.15) is 0 Å². The van der Waals surface area contributed by atoms with E-state index in [9.17, 15) is 13.2 Å². The molecule has 0 unspecified atom stereocenters. The van der Waals surface area contributed by atoms with Gasteiger partial charge in [0.05, 0.1) is 10.6 Å². The summed E-state index contributed by atoms with van der Waals surface area (Å²) in [4.78, 5) is 15.6. The summed E-state index contributed by atoms with van der Waals surface area (Å²) in [6.07, 6.45) is 1.06. The number of benzene rings is 3. The first kappa shape index (κ1) is 22.5. The van der Waals surface area contributed by atoms with Gasteiger partial charge in [-0.05, 0) is 68.3 Å². The number of nitrogens with zero attached hydrogens (tertiary/aromatic N) is 2. The molecule has 0 aromatic heterocycles. The molecule has 1 saturated heterocycles. The van der Waals surface area contributed by atoms with E-state index < -0.39 is 10.0 Å². The molecule has 1 heterocycles. The van der Waals surface area contributed by atoms with Gasteiger partial charge in [-0.15, -0.1) is 0 Å². The number of fused-ring (bicyclic) bond motifs is 1. The number of carbonyl (C=O) groups excluding carboxylic acids is 1. The number of hydrogen-bond donors (Lipinski definition) is 0. The number of hydrogen-bond acceptors (Lipinski definition) is 3. The van der Waals surface area contributed by atoms with Crippen molar-refractivity contribution in [2.75, 3.05) is 24.5 Å². The highest BCUT2D eigenvalue weighted by molar-refractivity contribution is 7.89. The molecule has 168 valence electrons. The number of piperidine rings is 1. The van der Waals surface area contributed by atoms with Crippen molar-refractivity contribution in [3.05, 3.63) is 71.8 Å². The van der Waals surface area contributed by atoms with Crippen molar-refractivity contribution in [2.24, 2.45) is 5.92 Å². The van der Waals surface area contributed by atoms with E-state index in [1.807, 2.05) is 74.2 Å². The molecule has 6 heteroatoms. The van der Waals surface area contributed by atoms with Gasteiger partial charge in [-0.2, -0.15) is 4.31 Å². The van der Waals surface area contributed by atoms with Crippen LogP contribution in [-0.2, 0) is 14.8 Å². The molecule has 0 aliphatic carbocycles. The third kappa shape index (κ3) is 4.17. The van der Waals surface area contributed by atoms with Gasteiger partial charge in [0.2, 0.25) is 15.9 Å². The minimum atomic E-state index is -3.55. The molecule has 3 aromatic carbocycles. The largest absolute Gasteiger partial charge is 0.312 e. The summed E-state index contributed by atoms with van der Waals surface area (Å²) in [5.41, 5.74) is 2.95. The predicted molar refractivity (Wildman–Crippen MR) is 129 cm³/mol. The van der Waals surface area contributed by atoms with Gasteiger partial charge in [0, 0.05) is 30.9 Å². The van der Waals surface area contributed by atoms with Gasteiger partial charge >= 0.3 is 0 Å². The highest BCUT2D eigenvalue weighted by Gasteiger charge is 2.34. The van der Waals surface area contributed by atoms with Crippen LogP contribution in [0.1, 0.15) is 30.9 Å². The summed E-state index contributed by atoms with van der Waals surface area (Å²) in [5, 5.41) is 2.16. The Morgan fingerprint density at radius 1 is 0.969 bits per heavy atom. The number of aryl methyl sites for hydroxylation is 2. The minimum absolute atomic E-state index is 0.0760. The molecule has 5 nitrogen and oxygen atoms in total. The molecular formula is C26H30N2O3S. The first-order valence-electron chi connectivity index (χ1n) is 11.2. The van der Waals surface area contributed by atoms with E-state index in [-0.39, 0.29) is 11.8 Å². The number of carbonyl (C=O) groups is 1. The third-order valence-corrected chi connectivity index (χ3v) is 8.45. The van der Waals surface area contributed by atoms with Gasteiger partial charge < -0.3 is 4.90 Å². The zero-order valence-electron chi connectivity index (χ0n) is 18.9. The summed E-state index contributed by atoms with van der Waals surface area (Å²) in [6, 6.07) is 19.3. The van der Waals surface area contributed by atoms with Gasteiger partial charge in [-0.3, -0.25) is 4.79 Å². The maximum absolute atomic E-state index is 13.4. The first-order valence-corrected chi connectivity index (χ1v) is 12.6. The van der Waals surface area contributed by atoms with Crippen molar-refractivity contribution in [3.63, 3.8) is 0 Å². The molecule has 1 fully saturated rings. The highest BCUT2D eigenvalue weighted by atomic mass is 32.2. The Morgan fingerprint density at radius 2 is 1.66 bits per heavy atom. The van der Waals surface area contributed by atoms with Gasteiger partial charge in [-0.25, -0.2) is 8.42 Å². The average molecular weight is 451 g/mol. The number of amides is 1. The summed E-state index contributed by atoms with van der Waals surface area (Å²) < 4.78 is 27.8. The average Bonchev–Trinajstić information content (AvgIpc) is 2.81. The summed E-state index contributed by atoms with van der Waals surface area (Å²) in [5.74, 6) is -0.104. The molecule has 0 atom stereocenters.